The van der Waals surface area contributed by atoms with E-state index in [1.165, 1.54) is 19.3 Å². The van der Waals surface area contributed by atoms with Gasteiger partial charge in [-0.05, 0) is 44.7 Å². The molecular weight excluding hydrogens is 374 g/mol. The molecule has 0 radical (unpaired) electrons. The summed E-state index contributed by atoms with van der Waals surface area (Å²) in [6.07, 6.45) is 5.48. The summed E-state index contributed by atoms with van der Waals surface area (Å²) in [5, 5.41) is 10.7. The van der Waals surface area contributed by atoms with E-state index in [-0.39, 0.29) is 18.5 Å². The summed E-state index contributed by atoms with van der Waals surface area (Å²) in [6.45, 7) is 5.68. The Morgan fingerprint density at radius 2 is 2.23 bits per heavy atom. The summed E-state index contributed by atoms with van der Waals surface area (Å²) in [5.41, 5.74) is 0.463. The highest BCUT2D eigenvalue weighted by Gasteiger charge is 2.56. The Kier molecular flexibility index (Phi) is 6.29. The first-order valence-electron chi connectivity index (χ1n) is 8.88. The van der Waals surface area contributed by atoms with Crippen molar-refractivity contribution in [2.75, 3.05) is 20.2 Å². The van der Waals surface area contributed by atoms with Gasteiger partial charge in [0.25, 0.3) is 0 Å². The topological polar surface area (TPSA) is 76.3 Å². The SMILES string of the molecule is COC(C)c1noc(CN(Cc2nccs2)C2CC23CCNCC3)n1.Cl. The van der Waals surface area contributed by atoms with Crippen molar-refractivity contribution in [3.63, 3.8) is 0 Å². The van der Waals surface area contributed by atoms with Crippen molar-refractivity contribution in [1.82, 2.24) is 25.3 Å². The Morgan fingerprint density at radius 3 is 2.92 bits per heavy atom. The molecule has 0 amide bonds. The molecule has 1 aliphatic heterocycles. The van der Waals surface area contributed by atoms with E-state index in [1.54, 1.807) is 18.4 Å². The molecular formula is C17H26ClN5O2S. The monoisotopic (exact) mass is 399 g/mol. The highest BCUT2D eigenvalue weighted by molar-refractivity contribution is 7.09. The largest absolute Gasteiger partial charge is 0.374 e. The predicted molar refractivity (Wildman–Crippen MR) is 101 cm³/mol. The van der Waals surface area contributed by atoms with Crippen LogP contribution in [-0.2, 0) is 17.8 Å². The van der Waals surface area contributed by atoms with Crippen LogP contribution in [0.3, 0.4) is 0 Å². The number of piperidine rings is 1. The van der Waals surface area contributed by atoms with Crippen LogP contribution >= 0.6 is 23.7 Å². The summed E-state index contributed by atoms with van der Waals surface area (Å²) in [7, 11) is 1.65. The molecule has 3 heterocycles. The summed E-state index contributed by atoms with van der Waals surface area (Å²) >= 11 is 1.70. The van der Waals surface area contributed by atoms with E-state index in [2.05, 4.69) is 25.3 Å². The minimum absolute atomic E-state index is 0. The normalized spacial score (nSPS) is 22.3. The third kappa shape index (κ3) is 4.09. The summed E-state index contributed by atoms with van der Waals surface area (Å²) in [6, 6.07) is 0.577. The molecule has 7 nitrogen and oxygen atoms in total. The smallest absolute Gasteiger partial charge is 0.240 e. The zero-order valence-electron chi connectivity index (χ0n) is 15.2. The maximum absolute atomic E-state index is 5.48. The summed E-state index contributed by atoms with van der Waals surface area (Å²) in [5.74, 6) is 1.27. The molecule has 1 saturated heterocycles. The third-order valence-corrected chi connectivity index (χ3v) is 6.31. The van der Waals surface area contributed by atoms with Gasteiger partial charge in [0.1, 0.15) is 11.1 Å². The number of nitrogens with one attached hydrogen (secondary N) is 1. The number of halogens is 1. The minimum atomic E-state index is -0.151. The standard InChI is InChI=1S/C17H25N5O2S.ClH/c1-12(23-2)16-20-14(24-21-16)10-22(11-15-19-7-8-25-15)13-9-17(13)3-5-18-6-4-17;/h7-8,12-13,18H,3-6,9-11H2,1-2H3;1H. The first-order chi connectivity index (χ1) is 12.2. The van der Waals surface area contributed by atoms with E-state index < -0.39 is 0 Å². The fourth-order valence-electron chi connectivity index (χ4n) is 3.86. The third-order valence-electron chi connectivity index (χ3n) is 5.55. The van der Waals surface area contributed by atoms with Gasteiger partial charge in [0.2, 0.25) is 5.89 Å². The van der Waals surface area contributed by atoms with Crippen molar-refractivity contribution >= 4 is 23.7 Å². The first-order valence-corrected chi connectivity index (χ1v) is 9.76. The van der Waals surface area contributed by atoms with E-state index in [0.29, 0.717) is 29.7 Å². The number of aromatic nitrogens is 3. The van der Waals surface area contributed by atoms with Gasteiger partial charge in [0, 0.05) is 24.7 Å². The van der Waals surface area contributed by atoms with Crippen molar-refractivity contribution in [3.05, 3.63) is 28.3 Å². The first kappa shape index (κ1) is 19.7. The van der Waals surface area contributed by atoms with E-state index in [0.717, 1.165) is 24.6 Å². The van der Waals surface area contributed by atoms with Crippen molar-refractivity contribution in [2.45, 2.75) is 51.4 Å². The second-order valence-corrected chi connectivity index (χ2v) is 8.07. The quantitative estimate of drug-likeness (QED) is 0.767. The zero-order valence-corrected chi connectivity index (χ0v) is 16.8. The Hall–Kier alpha value is -1.06. The number of hydrogen-bond donors (Lipinski definition) is 1. The Labute approximate surface area is 163 Å². The second kappa shape index (κ2) is 8.31. The lowest BCUT2D eigenvalue weighted by molar-refractivity contribution is 0.109. The van der Waals surface area contributed by atoms with E-state index in [9.17, 15) is 0 Å². The lowest BCUT2D eigenvalue weighted by Gasteiger charge is -2.28. The highest BCUT2D eigenvalue weighted by atomic mass is 35.5. The fourth-order valence-corrected chi connectivity index (χ4v) is 4.50. The molecule has 4 rings (SSSR count). The van der Waals surface area contributed by atoms with Gasteiger partial charge in [-0.1, -0.05) is 5.16 Å². The summed E-state index contributed by atoms with van der Waals surface area (Å²) in [4.78, 5) is 11.5. The van der Waals surface area contributed by atoms with Gasteiger partial charge in [-0.3, -0.25) is 4.90 Å². The fraction of sp³-hybridized carbons (Fsp3) is 0.706. The minimum Gasteiger partial charge on any atom is -0.374 e. The van der Waals surface area contributed by atoms with Gasteiger partial charge >= 0.3 is 0 Å². The Bertz CT molecular complexity index is 689. The molecule has 1 N–H and O–H groups in total. The zero-order chi connectivity index (χ0) is 17.3. The molecule has 2 fully saturated rings. The second-order valence-electron chi connectivity index (χ2n) is 7.09. The molecule has 2 aromatic heterocycles. The van der Waals surface area contributed by atoms with Crippen molar-refractivity contribution in [2.24, 2.45) is 5.41 Å². The molecule has 1 spiro atoms. The van der Waals surface area contributed by atoms with Crippen LogP contribution in [0.1, 0.15) is 49.0 Å². The van der Waals surface area contributed by atoms with Crippen LogP contribution < -0.4 is 5.32 Å². The van der Waals surface area contributed by atoms with Crippen LogP contribution in [-0.4, -0.2) is 46.3 Å². The van der Waals surface area contributed by atoms with Crippen LogP contribution in [0, 0.1) is 5.41 Å². The van der Waals surface area contributed by atoms with Crippen molar-refractivity contribution in [1.29, 1.82) is 0 Å². The van der Waals surface area contributed by atoms with E-state index in [4.69, 9.17) is 9.26 Å². The molecule has 2 aromatic rings. The average molecular weight is 400 g/mol. The number of nitrogens with zero attached hydrogens (tertiary/aromatic N) is 4. The van der Waals surface area contributed by atoms with Gasteiger partial charge < -0.3 is 14.6 Å². The molecule has 1 saturated carbocycles. The lowest BCUT2D eigenvalue weighted by Crippen LogP contribution is -2.35. The number of methoxy groups -OCH3 is 1. The maximum Gasteiger partial charge on any atom is 0.240 e. The average Bonchev–Trinajstić information content (AvgIpc) is 3.03. The van der Waals surface area contributed by atoms with Crippen LogP contribution in [0.2, 0.25) is 0 Å². The van der Waals surface area contributed by atoms with Crippen molar-refractivity contribution < 1.29 is 9.26 Å². The molecule has 26 heavy (non-hydrogen) atoms. The van der Waals surface area contributed by atoms with Crippen LogP contribution in [0.5, 0.6) is 0 Å². The molecule has 9 heteroatoms. The van der Waals surface area contributed by atoms with Gasteiger partial charge in [-0.2, -0.15) is 4.98 Å². The molecule has 0 bridgehead atoms. The van der Waals surface area contributed by atoms with Gasteiger partial charge in [-0.25, -0.2) is 4.98 Å². The van der Waals surface area contributed by atoms with E-state index >= 15 is 0 Å². The van der Waals surface area contributed by atoms with Gasteiger partial charge in [0.05, 0.1) is 13.1 Å². The van der Waals surface area contributed by atoms with Crippen LogP contribution in [0.4, 0.5) is 0 Å². The van der Waals surface area contributed by atoms with E-state index in [1.807, 2.05) is 18.5 Å². The number of ether oxygens (including phenoxy) is 1. The van der Waals surface area contributed by atoms with Gasteiger partial charge in [0.15, 0.2) is 5.82 Å². The van der Waals surface area contributed by atoms with Crippen molar-refractivity contribution in [3.8, 4) is 0 Å². The maximum atomic E-state index is 5.48. The Morgan fingerprint density at radius 1 is 1.42 bits per heavy atom. The highest BCUT2D eigenvalue weighted by Crippen LogP contribution is 2.56. The Balaban J connectivity index is 0.00000196. The number of hydrogen-bond acceptors (Lipinski definition) is 8. The molecule has 2 atom stereocenters. The van der Waals surface area contributed by atoms with Gasteiger partial charge in [-0.15, -0.1) is 23.7 Å². The van der Waals surface area contributed by atoms with Crippen LogP contribution in [0.15, 0.2) is 16.1 Å². The molecule has 2 unspecified atom stereocenters. The summed E-state index contributed by atoms with van der Waals surface area (Å²) < 4.78 is 10.8. The molecule has 0 aromatic carbocycles. The van der Waals surface area contributed by atoms with Crippen LogP contribution in [0.25, 0.3) is 0 Å². The predicted octanol–water partition coefficient (Wildman–Crippen LogP) is 2.80. The number of rotatable bonds is 7. The molecule has 2 aliphatic rings. The lowest BCUT2D eigenvalue weighted by atomic mass is 9.93. The number of thiazole rings is 1. The molecule has 144 valence electrons. The molecule has 1 aliphatic carbocycles.